The van der Waals surface area contributed by atoms with Crippen molar-refractivity contribution in [1.29, 1.82) is 0 Å². The number of amides is 1. The predicted octanol–water partition coefficient (Wildman–Crippen LogP) is 4.66. The SMILES string of the molecule is CN(C(=O)c1c(O)c2cc(SCC(C)(C)C)ccc2n(C)c1=O)c1ccccc1. The number of hydrogen-bond acceptors (Lipinski definition) is 4. The van der Waals surface area contributed by atoms with Crippen LogP contribution in [0.1, 0.15) is 31.1 Å². The van der Waals surface area contributed by atoms with Crippen LogP contribution >= 0.6 is 11.8 Å². The van der Waals surface area contributed by atoms with Crippen molar-refractivity contribution in [3.05, 3.63) is 64.4 Å². The first-order chi connectivity index (χ1) is 13.6. The van der Waals surface area contributed by atoms with Crippen molar-refractivity contribution in [3.8, 4) is 5.75 Å². The first-order valence-electron chi connectivity index (χ1n) is 9.42. The molecule has 2 aromatic carbocycles. The normalized spacial score (nSPS) is 11.6. The zero-order valence-electron chi connectivity index (χ0n) is 17.4. The van der Waals surface area contributed by atoms with Gasteiger partial charge in [0.25, 0.3) is 11.5 Å². The molecule has 3 aromatic rings. The Kier molecular flexibility index (Phi) is 5.75. The Morgan fingerprint density at radius 2 is 1.79 bits per heavy atom. The monoisotopic (exact) mass is 410 g/mol. The lowest BCUT2D eigenvalue weighted by atomic mass is 10.0. The fourth-order valence-electron chi connectivity index (χ4n) is 3.03. The van der Waals surface area contributed by atoms with Gasteiger partial charge in [-0.15, -0.1) is 11.8 Å². The van der Waals surface area contributed by atoms with Crippen molar-refractivity contribution in [3.63, 3.8) is 0 Å². The molecule has 0 fully saturated rings. The standard InChI is InChI=1S/C23H26N2O3S/c1-23(2,3)14-29-16-11-12-18-17(13-16)20(26)19(22(28)25(18)5)21(27)24(4)15-9-7-6-8-10-15/h6-13,26H,14H2,1-5H3. The fraction of sp³-hybridized carbons (Fsp3) is 0.304. The van der Waals surface area contributed by atoms with Gasteiger partial charge in [-0.1, -0.05) is 39.0 Å². The average molecular weight is 411 g/mol. The number of hydrogen-bond donors (Lipinski definition) is 1. The van der Waals surface area contributed by atoms with Gasteiger partial charge in [0.2, 0.25) is 0 Å². The number of rotatable bonds is 4. The Bertz CT molecular complexity index is 1110. The van der Waals surface area contributed by atoms with Gasteiger partial charge in [0.1, 0.15) is 11.3 Å². The van der Waals surface area contributed by atoms with E-state index in [1.807, 2.05) is 36.4 Å². The van der Waals surface area contributed by atoms with Gasteiger partial charge in [0, 0.05) is 35.8 Å². The number of thioether (sulfide) groups is 1. The zero-order valence-corrected chi connectivity index (χ0v) is 18.2. The van der Waals surface area contributed by atoms with Crippen LogP contribution in [0.4, 0.5) is 5.69 Å². The van der Waals surface area contributed by atoms with Crippen LogP contribution in [0, 0.1) is 5.41 Å². The predicted molar refractivity (Wildman–Crippen MR) is 120 cm³/mol. The van der Waals surface area contributed by atoms with Gasteiger partial charge in [-0.3, -0.25) is 9.59 Å². The molecule has 1 heterocycles. The molecule has 0 aliphatic rings. The molecule has 1 N–H and O–H groups in total. The van der Waals surface area contributed by atoms with Crippen molar-refractivity contribution >= 4 is 34.3 Å². The second kappa shape index (κ2) is 7.95. The summed E-state index contributed by atoms with van der Waals surface area (Å²) in [6.45, 7) is 6.50. The number of nitrogens with zero attached hydrogens (tertiary/aromatic N) is 2. The van der Waals surface area contributed by atoms with E-state index in [1.54, 1.807) is 38.0 Å². The van der Waals surface area contributed by atoms with Crippen LogP contribution < -0.4 is 10.5 Å². The molecule has 0 atom stereocenters. The Balaban J connectivity index is 2.10. The van der Waals surface area contributed by atoms with Crippen molar-refractivity contribution in [2.75, 3.05) is 17.7 Å². The molecule has 6 heteroatoms. The molecule has 0 saturated heterocycles. The zero-order chi connectivity index (χ0) is 21.3. The van der Waals surface area contributed by atoms with E-state index in [-0.39, 0.29) is 16.7 Å². The van der Waals surface area contributed by atoms with E-state index in [4.69, 9.17) is 0 Å². The minimum atomic E-state index is -0.538. The van der Waals surface area contributed by atoms with Crippen LogP contribution in [0.15, 0.2) is 58.2 Å². The Morgan fingerprint density at radius 1 is 1.14 bits per heavy atom. The summed E-state index contributed by atoms with van der Waals surface area (Å²) in [6.07, 6.45) is 0. The van der Waals surface area contributed by atoms with Gasteiger partial charge in [-0.2, -0.15) is 0 Å². The maximum Gasteiger partial charge on any atom is 0.267 e. The molecule has 0 aliphatic carbocycles. The molecule has 0 radical (unpaired) electrons. The van der Waals surface area contributed by atoms with E-state index in [1.165, 1.54) is 9.47 Å². The van der Waals surface area contributed by atoms with Gasteiger partial charge in [-0.25, -0.2) is 0 Å². The number of fused-ring (bicyclic) bond motifs is 1. The summed E-state index contributed by atoms with van der Waals surface area (Å²) in [5.41, 5.74) is 0.660. The number of aromatic hydroxyl groups is 1. The summed E-state index contributed by atoms with van der Waals surface area (Å²) in [6, 6.07) is 14.6. The van der Waals surface area contributed by atoms with Crippen molar-refractivity contribution in [2.24, 2.45) is 12.5 Å². The summed E-state index contributed by atoms with van der Waals surface area (Å²) < 4.78 is 1.42. The molecular formula is C23H26N2O3S. The highest BCUT2D eigenvalue weighted by molar-refractivity contribution is 7.99. The number of aryl methyl sites for hydroxylation is 1. The van der Waals surface area contributed by atoms with Crippen LogP contribution in [0.5, 0.6) is 5.75 Å². The Labute approximate surface area is 175 Å². The second-order valence-electron chi connectivity index (χ2n) is 8.32. The summed E-state index contributed by atoms with van der Waals surface area (Å²) in [4.78, 5) is 28.3. The maximum atomic E-state index is 13.1. The molecule has 29 heavy (non-hydrogen) atoms. The molecule has 5 nitrogen and oxygen atoms in total. The third kappa shape index (κ3) is 4.32. The molecule has 0 spiro atoms. The topological polar surface area (TPSA) is 62.5 Å². The van der Waals surface area contributed by atoms with Gasteiger partial charge < -0.3 is 14.6 Å². The highest BCUT2D eigenvalue weighted by Gasteiger charge is 2.25. The van der Waals surface area contributed by atoms with Crippen LogP contribution in [0.3, 0.4) is 0 Å². The number of anilines is 1. The quantitative estimate of drug-likeness (QED) is 0.636. The molecule has 1 amide bonds. The third-order valence-corrected chi connectivity index (χ3v) is 6.27. The minimum Gasteiger partial charge on any atom is -0.506 e. The molecule has 152 valence electrons. The van der Waals surface area contributed by atoms with Crippen molar-refractivity contribution < 1.29 is 9.90 Å². The third-order valence-electron chi connectivity index (χ3n) is 4.67. The van der Waals surface area contributed by atoms with E-state index in [2.05, 4.69) is 20.8 Å². The highest BCUT2D eigenvalue weighted by atomic mass is 32.2. The van der Waals surface area contributed by atoms with Crippen LogP contribution in [-0.4, -0.2) is 28.4 Å². The Hall–Kier alpha value is -2.73. The van der Waals surface area contributed by atoms with E-state index in [9.17, 15) is 14.7 Å². The number of aromatic nitrogens is 1. The summed E-state index contributed by atoms with van der Waals surface area (Å²) >= 11 is 1.68. The molecule has 0 bridgehead atoms. The van der Waals surface area contributed by atoms with E-state index in [0.29, 0.717) is 16.6 Å². The largest absolute Gasteiger partial charge is 0.506 e. The molecule has 3 rings (SSSR count). The number of carbonyl (C=O) groups is 1. The average Bonchev–Trinajstić information content (AvgIpc) is 2.70. The van der Waals surface area contributed by atoms with Crippen LogP contribution in [0.2, 0.25) is 0 Å². The Morgan fingerprint density at radius 3 is 2.41 bits per heavy atom. The number of pyridine rings is 1. The van der Waals surface area contributed by atoms with E-state index < -0.39 is 11.5 Å². The van der Waals surface area contributed by atoms with Crippen molar-refractivity contribution in [2.45, 2.75) is 25.7 Å². The summed E-state index contributed by atoms with van der Waals surface area (Å²) in [5.74, 6) is 0.103. The molecule has 0 aliphatic heterocycles. The van der Waals surface area contributed by atoms with Crippen LogP contribution in [-0.2, 0) is 7.05 Å². The maximum absolute atomic E-state index is 13.1. The number of carbonyl (C=O) groups excluding carboxylic acids is 1. The minimum absolute atomic E-state index is 0.157. The lowest BCUT2D eigenvalue weighted by Crippen LogP contribution is -2.34. The lowest BCUT2D eigenvalue weighted by Gasteiger charge is -2.20. The van der Waals surface area contributed by atoms with Gasteiger partial charge >= 0.3 is 0 Å². The summed E-state index contributed by atoms with van der Waals surface area (Å²) in [7, 11) is 3.21. The molecule has 1 aromatic heterocycles. The van der Waals surface area contributed by atoms with E-state index >= 15 is 0 Å². The fourth-order valence-corrected chi connectivity index (χ4v) is 3.99. The number of benzene rings is 2. The lowest BCUT2D eigenvalue weighted by molar-refractivity contribution is 0.0988. The smallest absolute Gasteiger partial charge is 0.267 e. The summed E-state index contributed by atoms with van der Waals surface area (Å²) in [5, 5.41) is 11.4. The van der Waals surface area contributed by atoms with Crippen molar-refractivity contribution in [1.82, 2.24) is 4.57 Å². The molecular weight excluding hydrogens is 384 g/mol. The molecule has 0 unspecified atom stereocenters. The van der Waals surface area contributed by atoms with Crippen LogP contribution in [0.25, 0.3) is 10.9 Å². The van der Waals surface area contributed by atoms with Gasteiger partial charge in [-0.05, 0) is 35.7 Å². The van der Waals surface area contributed by atoms with Gasteiger partial charge in [0.05, 0.1) is 5.52 Å². The second-order valence-corrected chi connectivity index (χ2v) is 9.36. The first-order valence-corrected chi connectivity index (χ1v) is 10.4. The van der Waals surface area contributed by atoms with Gasteiger partial charge in [0.15, 0.2) is 0 Å². The number of para-hydroxylation sites is 1. The molecule has 0 saturated carbocycles. The highest BCUT2D eigenvalue weighted by Crippen LogP contribution is 2.33. The first kappa shape index (κ1) is 21.0. The van der Waals surface area contributed by atoms with E-state index in [0.717, 1.165) is 10.6 Å².